The normalized spacial score (nSPS) is 20.9. The number of benzene rings is 2. The van der Waals surface area contributed by atoms with Crippen molar-refractivity contribution in [1.82, 2.24) is 10.2 Å². The first-order chi connectivity index (χ1) is 19.4. The van der Waals surface area contributed by atoms with Crippen LogP contribution in [0.2, 0.25) is 0 Å². The molecule has 3 amide bonds. The van der Waals surface area contributed by atoms with E-state index in [4.69, 9.17) is 0 Å². The van der Waals surface area contributed by atoms with Gasteiger partial charge in [0.15, 0.2) is 0 Å². The molecule has 0 bridgehead atoms. The van der Waals surface area contributed by atoms with Crippen molar-refractivity contribution in [3.8, 4) is 5.75 Å². The minimum Gasteiger partial charge on any atom is -0.406 e. The van der Waals surface area contributed by atoms with Crippen molar-refractivity contribution >= 4 is 29.5 Å². The SMILES string of the molecule is Cc1cccc(C)c1N1CC(C(=O)N2CCC3(CC2)CC(NC(=O)/C=C/c2ccc(OC(F)(F)F)cc2)C3)CC1=O. The second-order valence-corrected chi connectivity index (χ2v) is 11.5. The van der Waals surface area contributed by atoms with E-state index < -0.39 is 6.36 Å². The molecule has 2 heterocycles. The van der Waals surface area contributed by atoms with Crippen LogP contribution in [0.15, 0.2) is 48.5 Å². The molecule has 1 saturated carbocycles. The molecule has 10 heteroatoms. The highest BCUT2D eigenvalue weighted by molar-refractivity contribution is 6.01. The summed E-state index contributed by atoms with van der Waals surface area (Å²) in [7, 11) is 0. The van der Waals surface area contributed by atoms with Gasteiger partial charge >= 0.3 is 6.36 Å². The van der Waals surface area contributed by atoms with Gasteiger partial charge in [-0.05, 0) is 79.8 Å². The van der Waals surface area contributed by atoms with Gasteiger partial charge in [0.25, 0.3) is 0 Å². The fourth-order valence-electron chi connectivity index (χ4n) is 6.48. The number of rotatable bonds is 6. The van der Waals surface area contributed by atoms with Gasteiger partial charge in [0.2, 0.25) is 17.7 Å². The highest BCUT2D eigenvalue weighted by Crippen LogP contribution is 2.49. The fraction of sp³-hybridized carbons (Fsp3) is 0.452. The second-order valence-electron chi connectivity index (χ2n) is 11.5. The van der Waals surface area contributed by atoms with Crippen molar-refractivity contribution in [3.05, 3.63) is 65.2 Å². The van der Waals surface area contributed by atoms with E-state index in [1.54, 1.807) is 11.0 Å². The van der Waals surface area contributed by atoms with Crippen molar-refractivity contribution in [2.45, 2.75) is 58.4 Å². The molecule has 3 fully saturated rings. The first-order valence-electron chi connectivity index (χ1n) is 13.9. The lowest BCUT2D eigenvalue weighted by Crippen LogP contribution is -2.55. The number of anilines is 1. The van der Waals surface area contributed by atoms with Crippen LogP contribution >= 0.6 is 0 Å². The molecule has 1 aliphatic carbocycles. The van der Waals surface area contributed by atoms with Crippen LogP contribution in [0.1, 0.15) is 48.8 Å². The zero-order valence-corrected chi connectivity index (χ0v) is 23.2. The number of alkyl halides is 3. The molecular weight excluding hydrogens is 535 g/mol. The number of halogens is 3. The molecule has 2 aromatic carbocycles. The molecule has 1 atom stereocenters. The Labute approximate surface area is 237 Å². The van der Waals surface area contributed by atoms with Crippen molar-refractivity contribution in [2.75, 3.05) is 24.5 Å². The molecule has 218 valence electrons. The predicted octanol–water partition coefficient (Wildman–Crippen LogP) is 5.16. The maximum Gasteiger partial charge on any atom is 0.573 e. The molecular formula is C31H34F3N3O4. The number of hydrogen-bond acceptors (Lipinski definition) is 4. The number of likely N-dealkylation sites (tertiary alicyclic amines) is 1. The van der Waals surface area contributed by atoms with Gasteiger partial charge in [0.05, 0.1) is 5.92 Å². The third kappa shape index (κ3) is 6.57. The number of nitrogens with one attached hydrogen (secondary N) is 1. The molecule has 2 aliphatic heterocycles. The van der Waals surface area contributed by atoms with E-state index in [1.165, 1.54) is 30.3 Å². The molecule has 1 N–H and O–H groups in total. The summed E-state index contributed by atoms with van der Waals surface area (Å²) >= 11 is 0. The van der Waals surface area contributed by atoms with Gasteiger partial charge in [-0.3, -0.25) is 14.4 Å². The summed E-state index contributed by atoms with van der Waals surface area (Å²) in [5.74, 6) is -0.859. The molecule has 1 spiro atoms. The first kappa shape index (κ1) is 28.7. The molecule has 3 aliphatic rings. The maximum atomic E-state index is 13.3. The van der Waals surface area contributed by atoms with Gasteiger partial charge in [-0.15, -0.1) is 13.2 Å². The molecule has 41 heavy (non-hydrogen) atoms. The number of carbonyl (C=O) groups is 3. The average molecular weight is 570 g/mol. The van der Waals surface area contributed by atoms with Gasteiger partial charge in [-0.2, -0.15) is 0 Å². The summed E-state index contributed by atoms with van der Waals surface area (Å²) in [6, 6.07) is 11.3. The number of amides is 3. The summed E-state index contributed by atoms with van der Waals surface area (Å²) in [5.41, 5.74) is 3.67. The summed E-state index contributed by atoms with van der Waals surface area (Å²) in [5, 5.41) is 2.99. The highest BCUT2D eigenvalue weighted by Gasteiger charge is 2.48. The zero-order valence-electron chi connectivity index (χ0n) is 23.2. The molecule has 0 radical (unpaired) electrons. The van der Waals surface area contributed by atoms with Crippen LogP contribution in [-0.4, -0.2) is 54.7 Å². The van der Waals surface area contributed by atoms with Gasteiger partial charge in [0, 0.05) is 43.9 Å². The van der Waals surface area contributed by atoms with Gasteiger partial charge in [-0.25, -0.2) is 0 Å². The van der Waals surface area contributed by atoms with Crippen LogP contribution in [0.25, 0.3) is 6.08 Å². The molecule has 5 rings (SSSR count). The number of ether oxygens (including phenoxy) is 1. The Morgan fingerprint density at radius 1 is 1.02 bits per heavy atom. The smallest absolute Gasteiger partial charge is 0.406 e. The Morgan fingerprint density at radius 2 is 1.66 bits per heavy atom. The Kier molecular flexibility index (Phi) is 7.85. The number of hydrogen-bond donors (Lipinski definition) is 1. The minimum atomic E-state index is -4.75. The lowest BCUT2D eigenvalue weighted by atomic mass is 9.60. The molecule has 7 nitrogen and oxygen atoms in total. The number of carbonyl (C=O) groups excluding carboxylic acids is 3. The Balaban J connectivity index is 1.06. The fourth-order valence-corrected chi connectivity index (χ4v) is 6.48. The number of para-hydroxylation sites is 1. The topological polar surface area (TPSA) is 79.0 Å². The first-order valence-corrected chi connectivity index (χ1v) is 13.9. The number of nitrogens with zero attached hydrogens (tertiary/aromatic N) is 2. The van der Waals surface area contributed by atoms with Crippen LogP contribution < -0.4 is 15.0 Å². The summed E-state index contributed by atoms with van der Waals surface area (Å²) < 4.78 is 40.7. The Morgan fingerprint density at radius 3 is 2.27 bits per heavy atom. The van der Waals surface area contributed by atoms with Crippen molar-refractivity contribution in [1.29, 1.82) is 0 Å². The minimum absolute atomic E-state index is 0.00617. The van der Waals surface area contributed by atoms with E-state index in [-0.39, 0.29) is 47.3 Å². The van der Waals surface area contributed by atoms with E-state index in [0.29, 0.717) is 25.2 Å². The number of aryl methyl sites for hydroxylation is 2. The van der Waals surface area contributed by atoms with Crippen LogP contribution in [-0.2, 0) is 14.4 Å². The van der Waals surface area contributed by atoms with E-state index in [2.05, 4.69) is 10.1 Å². The lowest BCUT2D eigenvalue weighted by molar-refractivity contribution is -0.274. The molecule has 0 aromatic heterocycles. The Hall–Kier alpha value is -3.82. The van der Waals surface area contributed by atoms with Gasteiger partial charge in [0.1, 0.15) is 5.75 Å². The second kappa shape index (κ2) is 11.2. The lowest BCUT2D eigenvalue weighted by Gasteiger charge is -2.52. The molecule has 2 aromatic rings. The van der Waals surface area contributed by atoms with E-state index in [0.717, 1.165) is 42.5 Å². The van der Waals surface area contributed by atoms with Crippen LogP contribution in [0, 0.1) is 25.2 Å². The van der Waals surface area contributed by atoms with E-state index >= 15 is 0 Å². The quantitative estimate of drug-likeness (QED) is 0.488. The Bertz CT molecular complexity index is 1320. The standard InChI is InChI=1S/C31H34F3N3O4/c1-20-4-3-5-21(2)28(20)37-19-23(16-27(37)39)29(40)36-14-12-30(13-15-36)17-24(18-30)35-26(38)11-8-22-6-9-25(10-7-22)41-31(32,33)34/h3-11,23-24H,12-19H2,1-2H3,(H,35,38)/b11-8+. The molecule has 2 saturated heterocycles. The predicted molar refractivity (Wildman–Crippen MR) is 148 cm³/mol. The van der Waals surface area contributed by atoms with Crippen LogP contribution in [0.4, 0.5) is 18.9 Å². The summed E-state index contributed by atoms with van der Waals surface area (Å²) in [4.78, 5) is 42.2. The van der Waals surface area contributed by atoms with Crippen molar-refractivity contribution in [3.63, 3.8) is 0 Å². The highest BCUT2D eigenvalue weighted by atomic mass is 19.4. The monoisotopic (exact) mass is 569 g/mol. The van der Waals surface area contributed by atoms with E-state index in [1.807, 2.05) is 36.9 Å². The van der Waals surface area contributed by atoms with E-state index in [9.17, 15) is 27.6 Å². The maximum absolute atomic E-state index is 13.3. The zero-order chi connectivity index (χ0) is 29.4. The summed E-state index contributed by atoms with van der Waals surface area (Å²) in [6.07, 6.45) is 1.84. The van der Waals surface area contributed by atoms with Crippen molar-refractivity contribution < 1.29 is 32.3 Å². The third-order valence-corrected chi connectivity index (χ3v) is 8.57. The molecule has 1 unspecified atom stereocenters. The summed E-state index contributed by atoms with van der Waals surface area (Å²) in [6.45, 7) is 5.69. The van der Waals surface area contributed by atoms with Gasteiger partial charge < -0.3 is 19.9 Å². The average Bonchev–Trinajstić information content (AvgIpc) is 3.27. The van der Waals surface area contributed by atoms with Gasteiger partial charge in [-0.1, -0.05) is 30.3 Å². The van der Waals surface area contributed by atoms with Crippen LogP contribution in [0.3, 0.4) is 0 Å². The largest absolute Gasteiger partial charge is 0.573 e. The van der Waals surface area contributed by atoms with Crippen LogP contribution in [0.5, 0.6) is 5.75 Å². The number of piperidine rings is 1. The van der Waals surface area contributed by atoms with Crippen molar-refractivity contribution in [2.24, 2.45) is 11.3 Å². The third-order valence-electron chi connectivity index (χ3n) is 8.57.